The van der Waals surface area contributed by atoms with E-state index in [1.807, 2.05) is 31.2 Å². The van der Waals surface area contributed by atoms with Crippen molar-refractivity contribution in [2.45, 2.75) is 6.92 Å². The number of pyridine rings is 1. The number of aryl methyl sites for hydroxylation is 1. The second kappa shape index (κ2) is 4.94. The number of nitrogens with two attached hydrogens (primary N) is 1. The lowest BCUT2D eigenvalue weighted by Gasteiger charge is -2.09. The van der Waals surface area contributed by atoms with Crippen molar-refractivity contribution in [3.8, 4) is 6.07 Å². The van der Waals surface area contributed by atoms with Gasteiger partial charge in [-0.15, -0.1) is 0 Å². The van der Waals surface area contributed by atoms with Gasteiger partial charge in [-0.3, -0.25) is 0 Å². The highest BCUT2D eigenvalue weighted by atomic mass is 35.5. The molecule has 1 aromatic heterocycles. The van der Waals surface area contributed by atoms with Gasteiger partial charge in [0.2, 0.25) is 0 Å². The van der Waals surface area contributed by atoms with Gasteiger partial charge < -0.3 is 11.1 Å². The molecule has 0 radical (unpaired) electrons. The van der Waals surface area contributed by atoms with Crippen LogP contribution in [-0.4, -0.2) is 4.98 Å². The summed E-state index contributed by atoms with van der Waals surface area (Å²) < 4.78 is 0. The fraction of sp³-hybridized carbons (Fsp3) is 0.0769. The van der Waals surface area contributed by atoms with E-state index in [1.54, 1.807) is 12.1 Å². The summed E-state index contributed by atoms with van der Waals surface area (Å²) in [4.78, 5) is 4.10. The van der Waals surface area contributed by atoms with Crippen LogP contribution in [0.2, 0.25) is 5.02 Å². The van der Waals surface area contributed by atoms with E-state index in [0.29, 0.717) is 16.5 Å². The number of benzene rings is 1. The number of nitrogens with zero attached hydrogens (tertiary/aromatic N) is 2. The van der Waals surface area contributed by atoms with Gasteiger partial charge in [0.05, 0.1) is 16.4 Å². The predicted molar refractivity (Wildman–Crippen MR) is 72.8 cm³/mol. The summed E-state index contributed by atoms with van der Waals surface area (Å²) in [6.45, 7) is 1.97. The first-order valence-corrected chi connectivity index (χ1v) is 5.68. The van der Waals surface area contributed by atoms with Crippen LogP contribution in [0.5, 0.6) is 0 Å². The Morgan fingerprint density at radius 3 is 2.83 bits per heavy atom. The van der Waals surface area contributed by atoms with Crippen molar-refractivity contribution in [1.29, 1.82) is 5.26 Å². The lowest BCUT2D eigenvalue weighted by Crippen LogP contribution is -1.99. The Balaban J connectivity index is 2.34. The molecule has 0 fully saturated rings. The van der Waals surface area contributed by atoms with Gasteiger partial charge in [-0.1, -0.05) is 17.7 Å². The molecule has 0 aliphatic heterocycles. The van der Waals surface area contributed by atoms with E-state index < -0.39 is 0 Å². The number of nitrogen functional groups attached to an aromatic ring is 1. The summed E-state index contributed by atoms with van der Waals surface area (Å²) in [5.41, 5.74) is 8.00. The van der Waals surface area contributed by atoms with Crippen LogP contribution in [0.4, 0.5) is 17.2 Å². The van der Waals surface area contributed by atoms with Crippen LogP contribution < -0.4 is 11.1 Å². The zero-order chi connectivity index (χ0) is 13.1. The zero-order valence-electron chi connectivity index (χ0n) is 9.74. The maximum Gasteiger partial charge on any atom is 0.165 e. The monoisotopic (exact) mass is 258 g/mol. The SMILES string of the molecule is Cc1ccc(Cl)c(Nc2ccc(N)c(C#N)n2)c1. The highest BCUT2D eigenvalue weighted by Crippen LogP contribution is 2.26. The maximum atomic E-state index is 8.86. The molecule has 1 heterocycles. The quantitative estimate of drug-likeness (QED) is 0.867. The van der Waals surface area contributed by atoms with Crippen molar-refractivity contribution in [3.05, 3.63) is 46.6 Å². The van der Waals surface area contributed by atoms with Crippen molar-refractivity contribution in [2.24, 2.45) is 0 Å². The molecular formula is C13H11ClN4. The summed E-state index contributed by atoms with van der Waals surface area (Å²) in [5, 5.41) is 12.5. The van der Waals surface area contributed by atoms with Crippen LogP contribution in [0.15, 0.2) is 30.3 Å². The highest BCUT2D eigenvalue weighted by Gasteiger charge is 2.05. The molecule has 0 atom stereocenters. The number of aromatic nitrogens is 1. The smallest absolute Gasteiger partial charge is 0.165 e. The molecule has 0 aliphatic rings. The average molecular weight is 259 g/mol. The summed E-state index contributed by atoms with van der Waals surface area (Å²) in [7, 11) is 0. The summed E-state index contributed by atoms with van der Waals surface area (Å²) >= 11 is 6.07. The molecule has 3 N–H and O–H groups in total. The molecule has 0 aliphatic carbocycles. The zero-order valence-corrected chi connectivity index (χ0v) is 10.5. The number of nitrogens with one attached hydrogen (secondary N) is 1. The van der Waals surface area contributed by atoms with Crippen molar-refractivity contribution < 1.29 is 0 Å². The first-order valence-electron chi connectivity index (χ1n) is 5.30. The lowest BCUT2D eigenvalue weighted by atomic mass is 10.2. The number of anilines is 3. The minimum atomic E-state index is 0.198. The van der Waals surface area contributed by atoms with Crippen molar-refractivity contribution in [3.63, 3.8) is 0 Å². The number of halogens is 1. The molecule has 90 valence electrons. The minimum absolute atomic E-state index is 0.198. The molecule has 18 heavy (non-hydrogen) atoms. The second-order valence-electron chi connectivity index (χ2n) is 3.85. The molecule has 0 spiro atoms. The summed E-state index contributed by atoms with van der Waals surface area (Å²) in [6.07, 6.45) is 0. The molecule has 2 aromatic rings. The van der Waals surface area contributed by atoms with Crippen molar-refractivity contribution >= 4 is 28.8 Å². The third-order valence-corrected chi connectivity index (χ3v) is 2.75. The molecule has 1 aromatic carbocycles. The molecule has 0 saturated carbocycles. The molecule has 4 nitrogen and oxygen atoms in total. The van der Waals surface area contributed by atoms with Crippen LogP contribution in [-0.2, 0) is 0 Å². The maximum absolute atomic E-state index is 8.86. The Morgan fingerprint density at radius 2 is 2.11 bits per heavy atom. The Labute approximate surface area is 110 Å². The van der Waals surface area contributed by atoms with Crippen molar-refractivity contribution in [1.82, 2.24) is 4.98 Å². The van der Waals surface area contributed by atoms with Gasteiger partial charge in [0.1, 0.15) is 11.9 Å². The van der Waals surface area contributed by atoms with E-state index >= 15 is 0 Å². The Morgan fingerprint density at radius 1 is 1.33 bits per heavy atom. The number of nitriles is 1. The Kier molecular flexibility index (Phi) is 3.35. The molecular weight excluding hydrogens is 248 g/mol. The third kappa shape index (κ3) is 2.53. The molecule has 0 amide bonds. The fourth-order valence-electron chi connectivity index (χ4n) is 1.50. The van der Waals surface area contributed by atoms with E-state index in [1.165, 1.54) is 0 Å². The van der Waals surface area contributed by atoms with E-state index in [2.05, 4.69) is 10.3 Å². The third-order valence-electron chi connectivity index (χ3n) is 2.42. The highest BCUT2D eigenvalue weighted by molar-refractivity contribution is 6.33. The van der Waals surface area contributed by atoms with Crippen LogP contribution in [0.1, 0.15) is 11.3 Å². The van der Waals surface area contributed by atoms with E-state index in [4.69, 9.17) is 22.6 Å². The molecule has 2 rings (SSSR count). The number of rotatable bonds is 2. The summed E-state index contributed by atoms with van der Waals surface area (Å²) in [6, 6.07) is 10.9. The van der Waals surface area contributed by atoms with Crippen molar-refractivity contribution in [2.75, 3.05) is 11.1 Å². The molecule has 0 bridgehead atoms. The van der Waals surface area contributed by atoms with Gasteiger partial charge in [0.15, 0.2) is 5.69 Å². The normalized spacial score (nSPS) is 9.83. The topological polar surface area (TPSA) is 74.7 Å². The van der Waals surface area contributed by atoms with Gasteiger partial charge >= 0.3 is 0 Å². The van der Waals surface area contributed by atoms with Crippen LogP contribution in [0, 0.1) is 18.3 Å². The molecule has 5 heteroatoms. The Hall–Kier alpha value is -2.25. The largest absolute Gasteiger partial charge is 0.396 e. The number of hydrogen-bond acceptors (Lipinski definition) is 4. The van der Waals surface area contributed by atoms with Gasteiger partial charge in [-0.05, 0) is 36.8 Å². The minimum Gasteiger partial charge on any atom is -0.396 e. The van der Waals surface area contributed by atoms with Gasteiger partial charge in [-0.2, -0.15) is 5.26 Å². The fourth-order valence-corrected chi connectivity index (χ4v) is 1.67. The van der Waals surface area contributed by atoms with Gasteiger partial charge in [-0.25, -0.2) is 4.98 Å². The van der Waals surface area contributed by atoms with Crippen LogP contribution in [0.25, 0.3) is 0 Å². The van der Waals surface area contributed by atoms with E-state index in [-0.39, 0.29) is 5.69 Å². The van der Waals surface area contributed by atoms with Crippen LogP contribution >= 0.6 is 11.6 Å². The van der Waals surface area contributed by atoms with Gasteiger partial charge in [0.25, 0.3) is 0 Å². The average Bonchev–Trinajstić information content (AvgIpc) is 2.36. The second-order valence-corrected chi connectivity index (χ2v) is 4.26. The first kappa shape index (κ1) is 12.2. The first-order chi connectivity index (χ1) is 8.60. The van der Waals surface area contributed by atoms with Gasteiger partial charge in [0, 0.05) is 0 Å². The molecule has 0 unspecified atom stereocenters. The van der Waals surface area contributed by atoms with E-state index in [9.17, 15) is 0 Å². The lowest BCUT2D eigenvalue weighted by molar-refractivity contribution is 1.26. The standard InChI is InChI=1S/C13H11ClN4/c1-8-2-3-9(14)11(6-8)17-13-5-4-10(16)12(7-15)18-13/h2-6H,16H2,1H3,(H,17,18). The predicted octanol–water partition coefficient (Wildman–Crippen LogP) is 3.24. The van der Waals surface area contributed by atoms with Crippen LogP contribution in [0.3, 0.4) is 0 Å². The Bertz CT molecular complexity index is 631. The summed E-state index contributed by atoms with van der Waals surface area (Å²) in [5.74, 6) is 0.535. The number of hydrogen-bond donors (Lipinski definition) is 2. The van der Waals surface area contributed by atoms with E-state index in [0.717, 1.165) is 11.3 Å². The molecule has 0 saturated heterocycles.